The second-order valence-corrected chi connectivity index (χ2v) is 4.43. The van der Waals surface area contributed by atoms with Crippen molar-refractivity contribution in [3.05, 3.63) is 17.8 Å². The Morgan fingerprint density at radius 3 is 2.94 bits per heavy atom. The molecule has 1 aliphatic rings. The van der Waals surface area contributed by atoms with Crippen LogP contribution in [0.2, 0.25) is 0 Å². The second-order valence-electron chi connectivity index (χ2n) is 4.43. The Hall–Kier alpha value is -1.65. The number of carboxylic acids is 1. The summed E-state index contributed by atoms with van der Waals surface area (Å²) in [5.41, 5.74) is 0.214. The number of hydrogen-bond donors (Lipinski definition) is 1. The smallest absolute Gasteiger partial charge is 0.339 e. The zero-order valence-corrected chi connectivity index (χ0v) is 9.42. The number of aromatic nitrogens is 2. The zero-order valence-electron chi connectivity index (χ0n) is 9.42. The molecular weight excluding hydrogens is 206 g/mol. The molecule has 1 heterocycles. The monoisotopic (exact) mass is 221 g/mol. The van der Waals surface area contributed by atoms with E-state index in [0.29, 0.717) is 11.7 Å². The van der Waals surface area contributed by atoms with Crippen molar-refractivity contribution in [3.8, 4) is 0 Å². The van der Waals surface area contributed by atoms with Gasteiger partial charge < -0.3 is 10.0 Å². The molecule has 0 aliphatic heterocycles. The van der Waals surface area contributed by atoms with Crippen LogP contribution in [-0.4, -0.2) is 34.9 Å². The van der Waals surface area contributed by atoms with Gasteiger partial charge in [0.1, 0.15) is 5.56 Å². The second kappa shape index (κ2) is 4.08. The molecule has 1 fully saturated rings. The molecule has 0 aromatic carbocycles. The lowest BCUT2D eigenvalue weighted by molar-refractivity contribution is 0.0697. The lowest BCUT2D eigenvalue weighted by atomic mass is 10.2. The van der Waals surface area contributed by atoms with E-state index in [2.05, 4.69) is 17.1 Å². The third-order valence-corrected chi connectivity index (χ3v) is 3.08. The van der Waals surface area contributed by atoms with Gasteiger partial charge in [-0.1, -0.05) is 6.92 Å². The molecule has 5 heteroatoms. The summed E-state index contributed by atoms with van der Waals surface area (Å²) in [7, 11) is 1.86. The van der Waals surface area contributed by atoms with Gasteiger partial charge in [-0.05, 0) is 24.3 Å². The van der Waals surface area contributed by atoms with Crippen LogP contribution in [0.5, 0.6) is 0 Å². The normalized spacial score (nSPS) is 22.9. The Balaban J connectivity index is 2.15. The van der Waals surface area contributed by atoms with Crippen LogP contribution >= 0.6 is 0 Å². The van der Waals surface area contributed by atoms with Gasteiger partial charge in [-0.3, -0.25) is 0 Å². The lowest BCUT2D eigenvalue weighted by Crippen LogP contribution is -2.24. The van der Waals surface area contributed by atoms with E-state index in [4.69, 9.17) is 5.11 Å². The van der Waals surface area contributed by atoms with E-state index in [0.717, 1.165) is 12.5 Å². The molecule has 2 unspecified atom stereocenters. The van der Waals surface area contributed by atoms with Crippen molar-refractivity contribution in [1.29, 1.82) is 0 Å². The molecule has 1 aromatic heterocycles. The van der Waals surface area contributed by atoms with Gasteiger partial charge in [0.05, 0.1) is 6.20 Å². The molecule has 5 nitrogen and oxygen atoms in total. The van der Waals surface area contributed by atoms with Crippen LogP contribution in [0.3, 0.4) is 0 Å². The first-order valence-corrected chi connectivity index (χ1v) is 5.35. The minimum absolute atomic E-state index is 0.214. The summed E-state index contributed by atoms with van der Waals surface area (Å²) in [4.78, 5) is 12.9. The lowest BCUT2D eigenvalue weighted by Gasteiger charge is -2.18. The fourth-order valence-corrected chi connectivity index (χ4v) is 1.86. The maximum atomic E-state index is 11.0. The van der Waals surface area contributed by atoms with Crippen LogP contribution in [0, 0.1) is 11.8 Å². The predicted molar refractivity (Wildman–Crippen MR) is 59.5 cm³/mol. The summed E-state index contributed by atoms with van der Waals surface area (Å²) in [6.45, 7) is 3.05. The minimum Gasteiger partial charge on any atom is -0.478 e. The summed E-state index contributed by atoms with van der Waals surface area (Å²) in [6.07, 6.45) is 2.62. The Morgan fingerprint density at radius 2 is 2.38 bits per heavy atom. The van der Waals surface area contributed by atoms with Gasteiger partial charge in [-0.15, -0.1) is 5.10 Å². The van der Waals surface area contributed by atoms with E-state index >= 15 is 0 Å². The molecule has 2 rings (SSSR count). The molecule has 1 saturated carbocycles. The van der Waals surface area contributed by atoms with Gasteiger partial charge in [-0.25, -0.2) is 4.79 Å². The number of carbonyl (C=O) groups is 1. The van der Waals surface area contributed by atoms with E-state index in [1.807, 2.05) is 11.9 Å². The van der Waals surface area contributed by atoms with Gasteiger partial charge in [0.25, 0.3) is 0 Å². The van der Waals surface area contributed by atoms with E-state index in [1.54, 1.807) is 0 Å². The van der Waals surface area contributed by atoms with Crippen molar-refractivity contribution in [1.82, 2.24) is 10.2 Å². The SMILES string of the molecule is CC1CC1CN(C)c1nnccc1C(=O)O. The largest absolute Gasteiger partial charge is 0.478 e. The molecule has 0 amide bonds. The Bertz CT molecular complexity index is 408. The van der Waals surface area contributed by atoms with Crippen molar-refractivity contribution >= 4 is 11.8 Å². The molecule has 86 valence electrons. The van der Waals surface area contributed by atoms with Gasteiger partial charge in [0, 0.05) is 13.6 Å². The zero-order chi connectivity index (χ0) is 11.7. The Morgan fingerprint density at radius 1 is 1.69 bits per heavy atom. The minimum atomic E-state index is -0.958. The molecule has 16 heavy (non-hydrogen) atoms. The first kappa shape index (κ1) is 10.9. The number of carboxylic acid groups (broad SMARTS) is 1. The average molecular weight is 221 g/mol. The van der Waals surface area contributed by atoms with Crippen LogP contribution in [0.1, 0.15) is 23.7 Å². The number of anilines is 1. The van der Waals surface area contributed by atoms with Crippen molar-refractivity contribution in [2.24, 2.45) is 11.8 Å². The van der Waals surface area contributed by atoms with E-state index in [-0.39, 0.29) is 5.56 Å². The van der Waals surface area contributed by atoms with E-state index in [1.165, 1.54) is 18.7 Å². The molecule has 0 bridgehead atoms. The first-order valence-electron chi connectivity index (χ1n) is 5.35. The van der Waals surface area contributed by atoms with Gasteiger partial charge >= 0.3 is 5.97 Å². The van der Waals surface area contributed by atoms with E-state index < -0.39 is 5.97 Å². The van der Waals surface area contributed by atoms with Crippen molar-refractivity contribution in [2.75, 3.05) is 18.5 Å². The van der Waals surface area contributed by atoms with Gasteiger partial charge in [0.15, 0.2) is 5.82 Å². The maximum Gasteiger partial charge on any atom is 0.339 e. The number of aromatic carboxylic acids is 1. The standard InChI is InChI=1S/C11H15N3O2/c1-7-5-8(7)6-14(2)10-9(11(15)16)3-4-12-13-10/h3-4,7-8H,5-6H2,1-2H3,(H,15,16). The van der Waals surface area contributed by atoms with Gasteiger partial charge in [-0.2, -0.15) is 5.10 Å². The Labute approximate surface area is 94.1 Å². The summed E-state index contributed by atoms with van der Waals surface area (Å²) in [5, 5.41) is 16.7. The fourth-order valence-electron chi connectivity index (χ4n) is 1.86. The highest BCUT2D eigenvalue weighted by Gasteiger charge is 2.34. The predicted octanol–water partition coefficient (Wildman–Crippen LogP) is 1.27. The first-order chi connectivity index (χ1) is 7.59. The quantitative estimate of drug-likeness (QED) is 0.829. The molecular formula is C11H15N3O2. The average Bonchev–Trinajstić information content (AvgIpc) is 2.94. The molecule has 2 atom stereocenters. The number of rotatable bonds is 4. The number of hydrogen-bond acceptors (Lipinski definition) is 4. The molecule has 1 aliphatic carbocycles. The number of nitrogens with zero attached hydrogens (tertiary/aromatic N) is 3. The molecule has 1 aromatic rings. The van der Waals surface area contributed by atoms with Crippen molar-refractivity contribution in [2.45, 2.75) is 13.3 Å². The summed E-state index contributed by atoms with van der Waals surface area (Å²) < 4.78 is 0. The third-order valence-electron chi connectivity index (χ3n) is 3.08. The van der Waals surface area contributed by atoms with Crippen LogP contribution in [0.15, 0.2) is 12.3 Å². The fraction of sp³-hybridized carbons (Fsp3) is 0.545. The highest BCUT2D eigenvalue weighted by atomic mass is 16.4. The van der Waals surface area contributed by atoms with Crippen LogP contribution < -0.4 is 4.90 Å². The van der Waals surface area contributed by atoms with Crippen LogP contribution in [-0.2, 0) is 0 Å². The van der Waals surface area contributed by atoms with Crippen LogP contribution in [0.25, 0.3) is 0 Å². The summed E-state index contributed by atoms with van der Waals surface area (Å²) in [6, 6.07) is 1.48. The van der Waals surface area contributed by atoms with Crippen LogP contribution in [0.4, 0.5) is 5.82 Å². The van der Waals surface area contributed by atoms with Gasteiger partial charge in [0.2, 0.25) is 0 Å². The third kappa shape index (κ3) is 2.13. The molecule has 0 spiro atoms. The topological polar surface area (TPSA) is 66.3 Å². The van der Waals surface area contributed by atoms with Crippen molar-refractivity contribution in [3.63, 3.8) is 0 Å². The summed E-state index contributed by atoms with van der Waals surface area (Å²) in [5.74, 6) is 0.899. The molecule has 0 saturated heterocycles. The molecule has 0 radical (unpaired) electrons. The maximum absolute atomic E-state index is 11.0. The van der Waals surface area contributed by atoms with Crippen molar-refractivity contribution < 1.29 is 9.90 Å². The highest BCUT2D eigenvalue weighted by Crippen LogP contribution is 2.38. The van der Waals surface area contributed by atoms with E-state index in [9.17, 15) is 4.79 Å². The molecule has 1 N–H and O–H groups in total. The summed E-state index contributed by atoms with van der Waals surface area (Å²) >= 11 is 0. The Kier molecular flexibility index (Phi) is 2.77. The highest BCUT2D eigenvalue weighted by molar-refractivity contribution is 5.93.